The summed E-state index contributed by atoms with van der Waals surface area (Å²) in [5, 5.41) is 0. The number of nitrogens with two attached hydrogens (primary N) is 1. The molecule has 0 saturated heterocycles. The van der Waals surface area contributed by atoms with E-state index in [0.29, 0.717) is 19.6 Å². The summed E-state index contributed by atoms with van der Waals surface area (Å²) in [7, 11) is 4.05. The van der Waals surface area contributed by atoms with Crippen molar-refractivity contribution in [3.05, 3.63) is 71.3 Å². The zero-order valence-electron chi connectivity index (χ0n) is 15.4. The molecular weight excluding hydrogens is 369 g/mol. The van der Waals surface area contributed by atoms with Crippen LogP contribution in [0.25, 0.3) is 0 Å². The Morgan fingerprint density at radius 2 is 1.58 bits per heavy atom. The van der Waals surface area contributed by atoms with Crippen LogP contribution in [0, 0.1) is 0 Å². The molecule has 0 radical (unpaired) electrons. The highest BCUT2D eigenvalue weighted by atomic mass is 35.5. The van der Waals surface area contributed by atoms with Crippen molar-refractivity contribution in [3.63, 3.8) is 0 Å². The average Bonchev–Trinajstić information content (AvgIpc) is 2.58. The summed E-state index contributed by atoms with van der Waals surface area (Å²) in [6, 6.07) is 18.0. The van der Waals surface area contributed by atoms with Crippen LogP contribution in [0.1, 0.15) is 27.9 Å². The van der Waals surface area contributed by atoms with E-state index in [4.69, 9.17) is 5.73 Å². The Kier molecular flexibility index (Phi) is 11.9. The van der Waals surface area contributed by atoms with Crippen LogP contribution in [0.3, 0.4) is 0 Å². The quantitative estimate of drug-likeness (QED) is 0.740. The highest BCUT2D eigenvalue weighted by Gasteiger charge is 2.16. The van der Waals surface area contributed by atoms with Gasteiger partial charge in [0.15, 0.2) is 0 Å². The van der Waals surface area contributed by atoms with Gasteiger partial charge >= 0.3 is 0 Å². The molecule has 0 aromatic heterocycles. The molecular formula is C20H29Cl2N3O. The first kappa shape index (κ1) is 24.4. The highest BCUT2D eigenvalue weighted by molar-refractivity contribution is 5.94. The molecule has 0 aliphatic heterocycles. The number of hydrogen-bond donors (Lipinski definition) is 1. The molecule has 0 atom stereocenters. The van der Waals surface area contributed by atoms with Gasteiger partial charge in [0.25, 0.3) is 5.91 Å². The minimum absolute atomic E-state index is 0. The number of carbonyl (C=O) groups excluding carboxylic acids is 1. The lowest BCUT2D eigenvalue weighted by molar-refractivity contribution is 0.0742. The van der Waals surface area contributed by atoms with Crippen LogP contribution in [-0.2, 0) is 13.1 Å². The molecule has 2 aromatic carbocycles. The molecule has 1 amide bonds. The number of nitrogens with zero attached hydrogens (tertiary/aromatic N) is 2. The van der Waals surface area contributed by atoms with Crippen LogP contribution in [0.4, 0.5) is 0 Å². The van der Waals surface area contributed by atoms with Gasteiger partial charge in [-0.05, 0) is 50.3 Å². The van der Waals surface area contributed by atoms with Gasteiger partial charge in [0.1, 0.15) is 0 Å². The van der Waals surface area contributed by atoms with Gasteiger partial charge in [-0.15, -0.1) is 24.8 Å². The Morgan fingerprint density at radius 3 is 2.19 bits per heavy atom. The molecule has 0 unspecified atom stereocenters. The highest BCUT2D eigenvalue weighted by Crippen LogP contribution is 2.13. The molecule has 2 N–H and O–H groups in total. The van der Waals surface area contributed by atoms with Gasteiger partial charge in [-0.2, -0.15) is 0 Å². The van der Waals surface area contributed by atoms with E-state index in [1.165, 1.54) is 0 Å². The van der Waals surface area contributed by atoms with E-state index in [1.807, 2.05) is 67.5 Å². The van der Waals surface area contributed by atoms with Gasteiger partial charge in [0.2, 0.25) is 0 Å². The Balaban J connectivity index is 0.00000312. The van der Waals surface area contributed by atoms with E-state index in [1.54, 1.807) is 0 Å². The molecule has 2 aromatic rings. The number of halogens is 2. The fraction of sp³-hybridized carbons (Fsp3) is 0.350. The van der Waals surface area contributed by atoms with Crippen LogP contribution in [0.5, 0.6) is 0 Å². The second kappa shape index (κ2) is 12.7. The second-order valence-electron chi connectivity index (χ2n) is 6.29. The maximum absolute atomic E-state index is 13.0. The van der Waals surface area contributed by atoms with E-state index >= 15 is 0 Å². The summed E-state index contributed by atoms with van der Waals surface area (Å²) in [6.07, 6.45) is 0.802. The molecule has 0 spiro atoms. The summed E-state index contributed by atoms with van der Waals surface area (Å²) in [5.41, 5.74) is 8.66. The second-order valence-corrected chi connectivity index (χ2v) is 6.29. The van der Waals surface area contributed by atoms with Crippen LogP contribution in [0.2, 0.25) is 0 Å². The first-order chi connectivity index (χ1) is 11.6. The summed E-state index contributed by atoms with van der Waals surface area (Å²) < 4.78 is 0. The van der Waals surface area contributed by atoms with Gasteiger partial charge in [-0.1, -0.05) is 42.5 Å². The summed E-state index contributed by atoms with van der Waals surface area (Å²) in [6.45, 7) is 2.68. The standard InChI is InChI=1S/C20H27N3O.2ClH/c1-22(2)15-18-10-6-11-19(14-18)20(24)23(13-7-12-21)16-17-8-4-3-5-9-17;;/h3-6,8-11,14H,7,12-13,15-16,21H2,1-2H3;2*1H. The van der Waals surface area contributed by atoms with Crippen LogP contribution in [0.15, 0.2) is 54.6 Å². The minimum atomic E-state index is 0. The number of benzene rings is 2. The maximum Gasteiger partial charge on any atom is 0.254 e. The monoisotopic (exact) mass is 397 g/mol. The first-order valence-electron chi connectivity index (χ1n) is 8.37. The third-order valence-electron chi connectivity index (χ3n) is 3.81. The SMILES string of the molecule is CN(C)Cc1cccc(C(=O)N(CCCN)Cc2ccccc2)c1.Cl.Cl. The minimum Gasteiger partial charge on any atom is -0.334 e. The topological polar surface area (TPSA) is 49.6 Å². The van der Waals surface area contributed by atoms with E-state index in [9.17, 15) is 4.79 Å². The largest absolute Gasteiger partial charge is 0.334 e. The molecule has 26 heavy (non-hydrogen) atoms. The molecule has 0 aliphatic carbocycles. The van der Waals surface area contributed by atoms with E-state index in [0.717, 1.165) is 29.7 Å². The molecule has 4 nitrogen and oxygen atoms in total. The predicted molar refractivity (Wildman–Crippen MR) is 113 cm³/mol. The summed E-state index contributed by atoms with van der Waals surface area (Å²) in [4.78, 5) is 16.9. The van der Waals surface area contributed by atoms with Crippen molar-refractivity contribution in [1.29, 1.82) is 0 Å². The average molecular weight is 398 g/mol. The van der Waals surface area contributed by atoms with E-state index < -0.39 is 0 Å². The smallest absolute Gasteiger partial charge is 0.254 e. The molecule has 2 rings (SSSR count). The molecule has 0 saturated carbocycles. The third-order valence-corrected chi connectivity index (χ3v) is 3.81. The van der Waals surface area contributed by atoms with Crippen molar-refractivity contribution in [2.24, 2.45) is 5.73 Å². The van der Waals surface area contributed by atoms with Crippen LogP contribution in [-0.4, -0.2) is 42.9 Å². The number of hydrogen-bond acceptors (Lipinski definition) is 3. The van der Waals surface area contributed by atoms with Crippen molar-refractivity contribution < 1.29 is 4.79 Å². The maximum atomic E-state index is 13.0. The van der Waals surface area contributed by atoms with Crippen molar-refractivity contribution in [3.8, 4) is 0 Å². The lowest BCUT2D eigenvalue weighted by atomic mass is 10.1. The van der Waals surface area contributed by atoms with Gasteiger partial charge < -0.3 is 15.5 Å². The molecule has 0 fully saturated rings. The molecule has 0 heterocycles. The van der Waals surface area contributed by atoms with Gasteiger partial charge in [-0.3, -0.25) is 4.79 Å². The summed E-state index contributed by atoms with van der Waals surface area (Å²) >= 11 is 0. The Labute approximate surface area is 169 Å². The van der Waals surface area contributed by atoms with Crippen molar-refractivity contribution in [1.82, 2.24) is 9.80 Å². The third kappa shape index (κ3) is 7.75. The lowest BCUT2D eigenvalue weighted by Gasteiger charge is -2.23. The molecule has 144 valence electrons. The Bertz CT molecular complexity index is 651. The molecule has 6 heteroatoms. The Morgan fingerprint density at radius 1 is 0.923 bits per heavy atom. The zero-order chi connectivity index (χ0) is 17.4. The van der Waals surface area contributed by atoms with Gasteiger partial charge in [-0.25, -0.2) is 0 Å². The Hall–Kier alpha value is -1.59. The normalized spacial score (nSPS) is 10.0. The predicted octanol–water partition coefficient (Wildman–Crippen LogP) is 3.58. The fourth-order valence-corrected chi connectivity index (χ4v) is 2.69. The van der Waals surface area contributed by atoms with Gasteiger partial charge in [0, 0.05) is 25.2 Å². The number of rotatable bonds is 8. The summed E-state index contributed by atoms with van der Waals surface area (Å²) in [5.74, 6) is 0.0629. The van der Waals surface area contributed by atoms with E-state index in [2.05, 4.69) is 11.0 Å². The lowest BCUT2D eigenvalue weighted by Crippen LogP contribution is -2.32. The number of carbonyl (C=O) groups is 1. The first-order valence-corrected chi connectivity index (χ1v) is 8.37. The van der Waals surface area contributed by atoms with Gasteiger partial charge in [0.05, 0.1) is 0 Å². The fourth-order valence-electron chi connectivity index (χ4n) is 2.69. The van der Waals surface area contributed by atoms with Crippen LogP contribution >= 0.6 is 24.8 Å². The van der Waals surface area contributed by atoms with Crippen molar-refractivity contribution in [2.45, 2.75) is 19.5 Å². The molecule has 0 aliphatic rings. The van der Waals surface area contributed by atoms with E-state index in [-0.39, 0.29) is 30.7 Å². The number of amides is 1. The molecule has 0 bridgehead atoms. The van der Waals surface area contributed by atoms with Crippen molar-refractivity contribution >= 4 is 30.7 Å². The zero-order valence-corrected chi connectivity index (χ0v) is 17.1. The van der Waals surface area contributed by atoms with Crippen LogP contribution < -0.4 is 5.73 Å². The van der Waals surface area contributed by atoms with Crippen molar-refractivity contribution in [2.75, 3.05) is 27.2 Å².